The molecule has 4 nitrogen and oxygen atoms in total. The molecular weight excluding hydrogens is 488 g/mol. The Hall–Kier alpha value is -3.48. The van der Waals surface area contributed by atoms with Crippen molar-refractivity contribution < 1.29 is 18.0 Å². The van der Waals surface area contributed by atoms with Gasteiger partial charge in [0.2, 0.25) is 0 Å². The molecule has 6 heteroatoms. The van der Waals surface area contributed by atoms with E-state index in [9.17, 15) is 18.0 Å². The van der Waals surface area contributed by atoms with E-state index < -0.39 is 15.8 Å². The number of carbonyl (C=O) groups is 2. The van der Waals surface area contributed by atoms with Gasteiger partial charge in [0, 0.05) is 32.4 Å². The first-order valence-corrected chi connectivity index (χ1v) is 14.0. The molecular formula is C30H26O4S2. The number of Topliss-reactive ketones (excluding diaryl/α,β-unsaturated/α-hetero) is 1. The van der Waals surface area contributed by atoms with Gasteiger partial charge < -0.3 is 0 Å². The lowest BCUT2D eigenvalue weighted by Crippen LogP contribution is -2.21. The maximum Gasteiger partial charge on any atom is 0.193 e. The Kier molecular flexibility index (Phi) is 7.87. The molecule has 0 N–H and O–H groups in total. The summed E-state index contributed by atoms with van der Waals surface area (Å²) < 4.78 is 25.4. The molecule has 36 heavy (non-hydrogen) atoms. The van der Waals surface area contributed by atoms with Crippen molar-refractivity contribution in [1.82, 2.24) is 0 Å². The van der Waals surface area contributed by atoms with E-state index in [1.54, 1.807) is 55.5 Å². The molecule has 0 aliphatic carbocycles. The lowest BCUT2D eigenvalue weighted by atomic mass is 10.0. The van der Waals surface area contributed by atoms with E-state index in [2.05, 4.69) is 0 Å². The maximum atomic E-state index is 12.9. The van der Waals surface area contributed by atoms with Crippen LogP contribution in [0.2, 0.25) is 0 Å². The molecule has 4 rings (SSSR count). The van der Waals surface area contributed by atoms with Crippen LogP contribution in [0.15, 0.2) is 118 Å². The van der Waals surface area contributed by atoms with E-state index in [-0.39, 0.29) is 22.2 Å². The van der Waals surface area contributed by atoms with Crippen molar-refractivity contribution >= 4 is 33.2 Å². The van der Waals surface area contributed by atoms with Gasteiger partial charge in [-0.3, -0.25) is 9.59 Å². The van der Waals surface area contributed by atoms with E-state index in [1.165, 1.54) is 11.8 Å². The number of aryl methyl sites for hydroxylation is 1. The van der Waals surface area contributed by atoms with Crippen LogP contribution in [0.5, 0.6) is 0 Å². The molecule has 4 aromatic carbocycles. The largest absolute Gasteiger partial charge is 0.294 e. The minimum Gasteiger partial charge on any atom is -0.294 e. The van der Waals surface area contributed by atoms with Crippen LogP contribution in [0.3, 0.4) is 0 Å². The van der Waals surface area contributed by atoms with Gasteiger partial charge in [-0.15, -0.1) is 0 Å². The monoisotopic (exact) mass is 514 g/mol. The zero-order valence-corrected chi connectivity index (χ0v) is 21.7. The Bertz CT molecular complexity index is 1460. The van der Waals surface area contributed by atoms with Crippen LogP contribution in [-0.2, 0) is 9.84 Å². The zero-order valence-electron chi connectivity index (χ0n) is 20.0. The predicted molar refractivity (Wildman–Crippen MR) is 144 cm³/mol. The van der Waals surface area contributed by atoms with Crippen molar-refractivity contribution in [1.29, 1.82) is 0 Å². The Morgan fingerprint density at radius 3 is 1.75 bits per heavy atom. The van der Waals surface area contributed by atoms with E-state index >= 15 is 0 Å². The van der Waals surface area contributed by atoms with Crippen molar-refractivity contribution in [2.75, 3.05) is 5.75 Å². The highest BCUT2D eigenvalue weighted by atomic mass is 32.2. The fourth-order valence-electron chi connectivity index (χ4n) is 3.79. The molecule has 0 aliphatic rings. The highest BCUT2D eigenvalue weighted by Gasteiger charge is 2.24. The normalized spacial score (nSPS) is 12.2. The van der Waals surface area contributed by atoms with E-state index in [4.69, 9.17) is 0 Å². The topological polar surface area (TPSA) is 68.3 Å². The molecule has 0 aromatic heterocycles. The highest BCUT2D eigenvalue weighted by Crippen LogP contribution is 2.29. The number of hydrogen-bond donors (Lipinski definition) is 0. The van der Waals surface area contributed by atoms with Gasteiger partial charge in [0.05, 0.1) is 10.6 Å². The standard InChI is InChI=1S/C30H26O4S2/c1-21-8-18-28(19-9-21)36(33,34)20-22(2)29(31)24-10-14-26(15-11-24)35-27-16-12-25(13-17-27)30(32)23-6-4-3-5-7-23/h3-19,22H,20H2,1-2H3. The van der Waals surface area contributed by atoms with Crippen LogP contribution in [0.4, 0.5) is 0 Å². The van der Waals surface area contributed by atoms with Gasteiger partial charge in [-0.25, -0.2) is 8.42 Å². The van der Waals surface area contributed by atoms with Crippen molar-refractivity contribution in [2.24, 2.45) is 5.92 Å². The molecule has 0 heterocycles. The number of benzene rings is 4. The van der Waals surface area contributed by atoms with E-state index in [1.807, 2.05) is 61.5 Å². The van der Waals surface area contributed by atoms with Gasteiger partial charge in [-0.2, -0.15) is 0 Å². The Morgan fingerprint density at radius 2 is 1.19 bits per heavy atom. The molecule has 0 aliphatic heterocycles. The molecule has 0 spiro atoms. The SMILES string of the molecule is Cc1ccc(S(=O)(=O)CC(C)C(=O)c2ccc(Sc3ccc(C(=O)c4ccccc4)cc3)cc2)cc1. The molecule has 0 saturated heterocycles. The van der Waals surface area contributed by atoms with Crippen molar-refractivity contribution in [3.63, 3.8) is 0 Å². The summed E-state index contributed by atoms with van der Waals surface area (Å²) in [5.41, 5.74) is 2.74. The van der Waals surface area contributed by atoms with Gasteiger partial charge in [0.15, 0.2) is 21.4 Å². The third kappa shape index (κ3) is 6.20. The first kappa shape index (κ1) is 25.6. The molecule has 4 aromatic rings. The van der Waals surface area contributed by atoms with Crippen LogP contribution in [0, 0.1) is 12.8 Å². The second-order valence-electron chi connectivity index (χ2n) is 8.71. The molecule has 0 amide bonds. The van der Waals surface area contributed by atoms with Crippen molar-refractivity contribution in [2.45, 2.75) is 28.5 Å². The van der Waals surface area contributed by atoms with Gasteiger partial charge >= 0.3 is 0 Å². The molecule has 1 atom stereocenters. The quantitative estimate of drug-likeness (QED) is 0.233. The van der Waals surface area contributed by atoms with Crippen LogP contribution < -0.4 is 0 Å². The van der Waals surface area contributed by atoms with Gasteiger partial charge in [-0.05, 0) is 55.5 Å². The fraction of sp³-hybridized carbons (Fsp3) is 0.133. The van der Waals surface area contributed by atoms with Crippen LogP contribution in [-0.4, -0.2) is 25.7 Å². The average molecular weight is 515 g/mol. The molecule has 0 bridgehead atoms. The predicted octanol–water partition coefficient (Wildman–Crippen LogP) is 6.67. The van der Waals surface area contributed by atoms with Crippen LogP contribution in [0.25, 0.3) is 0 Å². The number of carbonyl (C=O) groups excluding carboxylic acids is 2. The number of sulfone groups is 1. The summed E-state index contributed by atoms with van der Waals surface area (Å²) in [5, 5.41) is 0. The van der Waals surface area contributed by atoms with Crippen LogP contribution >= 0.6 is 11.8 Å². The first-order valence-electron chi connectivity index (χ1n) is 11.5. The number of rotatable bonds is 9. The highest BCUT2D eigenvalue weighted by molar-refractivity contribution is 7.99. The third-order valence-corrected chi connectivity index (χ3v) is 8.77. The molecule has 0 saturated carbocycles. The summed E-state index contributed by atoms with van der Waals surface area (Å²) in [7, 11) is -3.55. The van der Waals surface area contributed by atoms with Gasteiger partial charge in [0.1, 0.15) is 0 Å². The summed E-state index contributed by atoms with van der Waals surface area (Å²) in [5.74, 6) is -1.12. The molecule has 0 fully saturated rings. The Morgan fingerprint density at radius 1 is 0.694 bits per heavy atom. The van der Waals surface area contributed by atoms with Gasteiger partial charge in [-0.1, -0.05) is 78.8 Å². The average Bonchev–Trinajstić information content (AvgIpc) is 2.89. The minimum atomic E-state index is -3.55. The molecule has 0 radical (unpaired) electrons. The Labute approximate surface area is 216 Å². The van der Waals surface area contributed by atoms with Crippen molar-refractivity contribution in [3.05, 3.63) is 125 Å². The second-order valence-corrected chi connectivity index (χ2v) is 11.9. The summed E-state index contributed by atoms with van der Waals surface area (Å²) in [6, 6.07) is 30.4. The summed E-state index contributed by atoms with van der Waals surface area (Å²) in [6.07, 6.45) is 0. The van der Waals surface area contributed by atoms with Crippen molar-refractivity contribution in [3.8, 4) is 0 Å². The first-order chi connectivity index (χ1) is 17.2. The summed E-state index contributed by atoms with van der Waals surface area (Å²) in [6.45, 7) is 3.54. The maximum absolute atomic E-state index is 12.9. The number of ketones is 2. The minimum absolute atomic E-state index is 0.0199. The Balaban J connectivity index is 1.38. The van der Waals surface area contributed by atoms with E-state index in [0.717, 1.165) is 15.4 Å². The second kappa shape index (κ2) is 11.1. The smallest absolute Gasteiger partial charge is 0.193 e. The fourth-order valence-corrected chi connectivity index (χ4v) is 6.15. The summed E-state index contributed by atoms with van der Waals surface area (Å²) >= 11 is 1.52. The summed E-state index contributed by atoms with van der Waals surface area (Å²) in [4.78, 5) is 27.6. The van der Waals surface area contributed by atoms with Crippen LogP contribution in [0.1, 0.15) is 38.8 Å². The molecule has 182 valence electrons. The third-order valence-electron chi connectivity index (χ3n) is 5.82. The zero-order chi connectivity index (χ0) is 25.7. The lowest BCUT2D eigenvalue weighted by Gasteiger charge is -2.12. The van der Waals surface area contributed by atoms with Gasteiger partial charge in [0.25, 0.3) is 0 Å². The molecule has 1 unspecified atom stereocenters. The lowest BCUT2D eigenvalue weighted by molar-refractivity contribution is 0.0940. The van der Waals surface area contributed by atoms with E-state index in [0.29, 0.717) is 16.7 Å². The number of hydrogen-bond acceptors (Lipinski definition) is 5.